The third-order valence-corrected chi connectivity index (χ3v) is 5.35. The van der Waals surface area contributed by atoms with Crippen LogP contribution in [0.15, 0.2) is 46.2 Å². The minimum absolute atomic E-state index is 0.0830. The summed E-state index contributed by atoms with van der Waals surface area (Å²) in [6.45, 7) is 4.85. The molecule has 4 rings (SSSR count). The smallest absolute Gasteiger partial charge is 0.231 e. The van der Waals surface area contributed by atoms with Crippen molar-refractivity contribution in [3.63, 3.8) is 0 Å². The number of furan rings is 1. The van der Waals surface area contributed by atoms with Crippen LogP contribution >= 0.6 is 11.8 Å². The van der Waals surface area contributed by atoms with E-state index < -0.39 is 0 Å². The zero-order valence-electron chi connectivity index (χ0n) is 15.5. The minimum Gasteiger partial charge on any atom is -0.461 e. The number of nitrogens with zero attached hydrogens (tertiary/aromatic N) is 3. The van der Waals surface area contributed by atoms with Gasteiger partial charge >= 0.3 is 0 Å². The number of carbonyl (C=O) groups is 1. The summed E-state index contributed by atoms with van der Waals surface area (Å²) in [5.41, 5.74) is 0.958. The van der Waals surface area contributed by atoms with E-state index in [1.54, 1.807) is 6.26 Å². The Hall–Kier alpha value is -2.94. The standard InChI is InChI=1S/C19H20N4O4S/c1-3-23-18(15-5-4-8-25-15)21-22-19(23)28-10-17(24)20-12(2)13-6-7-14-16(9-13)27-11-26-14/h4-9,12H,3,10-11H2,1-2H3,(H,20,24). The maximum atomic E-state index is 12.4. The van der Waals surface area contributed by atoms with Gasteiger partial charge in [0.25, 0.3) is 0 Å². The van der Waals surface area contributed by atoms with Crippen molar-refractivity contribution in [2.75, 3.05) is 12.5 Å². The summed E-state index contributed by atoms with van der Waals surface area (Å²) >= 11 is 1.35. The van der Waals surface area contributed by atoms with E-state index in [9.17, 15) is 4.79 Å². The molecule has 146 valence electrons. The van der Waals surface area contributed by atoms with Crippen LogP contribution in [0.25, 0.3) is 11.6 Å². The largest absolute Gasteiger partial charge is 0.461 e. The number of hydrogen-bond acceptors (Lipinski definition) is 7. The lowest BCUT2D eigenvalue weighted by Crippen LogP contribution is -2.28. The normalized spacial score (nSPS) is 13.5. The van der Waals surface area contributed by atoms with E-state index in [0.29, 0.717) is 29.0 Å². The molecule has 1 atom stereocenters. The second-order valence-corrected chi connectivity index (χ2v) is 7.16. The number of aromatic nitrogens is 3. The second kappa shape index (κ2) is 7.97. The number of nitrogens with one attached hydrogen (secondary N) is 1. The van der Waals surface area contributed by atoms with Gasteiger partial charge in [-0.3, -0.25) is 9.36 Å². The van der Waals surface area contributed by atoms with Gasteiger partial charge in [-0.15, -0.1) is 10.2 Å². The third kappa shape index (κ3) is 3.70. The fraction of sp³-hybridized carbons (Fsp3) is 0.316. The Labute approximate surface area is 166 Å². The molecule has 0 aliphatic carbocycles. The van der Waals surface area contributed by atoms with Gasteiger partial charge in [-0.25, -0.2) is 0 Å². The van der Waals surface area contributed by atoms with Crippen molar-refractivity contribution < 1.29 is 18.7 Å². The van der Waals surface area contributed by atoms with Crippen LogP contribution < -0.4 is 14.8 Å². The van der Waals surface area contributed by atoms with E-state index >= 15 is 0 Å². The quantitative estimate of drug-likeness (QED) is 0.609. The summed E-state index contributed by atoms with van der Waals surface area (Å²) in [4.78, 5) is 12.4. The number of ether oxygens (including phenoxy) is 2. The Balaban J connectivity index is 1.37. The molecule has 1 amide bonds. The molecule has 0 bridgehead atoms. The molecule has 0 radical (unpaired) electrons. The second-order valence-electron chi connectivity index (χ2n) is 6.22. The molecule has 3 heterocycles. The SMILES string of the molecule is CCn1c(SCC(=O)NC(C)c2ccc3c(c2)OCO3)nnc1-c1ccco1. The average Bonchev–Trinajstić information content (AvgIpc) is 3.45. The van der Waals surface area contributed by atoms with E-state index in [-0.39, 0.29) is 24.5 Å². The van der Waals surface area contributed by atoms with Crippen LogP contribution in [-0.4, -0.2) is 33.2 Å². The summed E-state index contributed by atoms with van der Waals surface area (Å²) in [6, 6.07) is 9.17. The molecule has 0 fully saturated rings. The van der Waals surface area contributed by atoms with Crippen molar-refractivity contribution in [1.29, 1.82) is 0 Å². The van der Waals surface area contributed by atoms with Crippen LogP contribution in [0.5, 0.6) is 11.5 Å². The van der Waals surface area contributed by atoms with Gasteiger partial charge in [-0.05, 0) is 43.7 Å². The zero-order valence-corrected chi connectivity index (χ0v) is 16.4. The Morgan fingerprint density at radius 1 is 1.29 bits per heavy atom. The maximum absolute atomic E-state index is 12.4. The Morgan fingerprint density at radius 2 is 2.14 bits per heavy atom. The Morgan fingerprint density at radius 3 is 2.93 bits per heavy atom. The first-order valence-electron chi connectivity index (χ1n) is 8.94. The molecule has 1 aliphatic rings. The van der Waals surface area contributed by atoms with Crippen LogP contribution in [0.1, 0.15) is 25.5 Å². The van der Waals surface area contributed by atoms with Gasteiger partial charge in [0.1, 0.15) is 0 Å². The molecule has 1 aromatic carbocycles. The van der Waals surface area contributed by atoms with Gasteiger partial charge < -0.3 is 19.2 Å². The number of carbonyl (C=O) groups excluding carboxylic acids is 1. The van der Waals surface area contributed by atoms with Crippen LogP contribution in [0.4, 0.5) is 0 Å². The number of benzene rings is 1. The number of fused-ring (bicyclic) bond motifs is 1. The van der Waals surface area contributed by atoms with E-state index in [2.05, 4.69) is 15.5 Å². The maximum Gasteiger partial charge on any atom is 0.231 e. The fourth-order valence-corrected chi connectivity index (χ4v) is 3.76. The van der Waals surface area contributed by atoms with Crippen molar-refractivity contribution in [3.8, 4) is 23.1 Å². The summed E-state index contributed by atoms with van der Waals surface area (Å²) in [6.07, 6.45) is 1.60. The van der Waals surface area contributed by atoms with Gasteiger partial charge in [0.15, 0.2) is 28.2 Å². The third-order valence-electron chi connectivity index (χ3n) is 4.38. The van der Waals surface area contributed by atoms with Crippen LogP contribution in [0.2, 0.25) is 0 Å². The summed E-state index contributed by atoms with van der Waals surface area (Å²) in [5, 5.41) is 12.1. The zero-order chi connectivity index (χ0) is 19.5. The predicted octanol–water partition coefficient (Wildman–Crippen LogP) is 3.26. The van der Waals surface area contributed by atoms with Crippen LogP contribution in [-0.2, 0) is 11.3 Å². The molecule has 0 saturated carbocycles. The molecule has 1 aliphatic heterocycles. The monoisotopic (exact) mass is 400 g/mol. The first-order chi connectivity index (χ1) is 13.7. The van der Waals surface area contributed by atoms with Crippen molar-refractivity contribution in [2.24, 2.45) is 0 Å². The lowest BCUT2D eigenvalue weighted by molar-refractivity contribution is -0.119. The molecule has 1 N–H and O–H groups in total. The van der Waals surface area contributed by atoms with Gasteiger partial charge in [0.2, 0.25) is 12.7 Å². The highest BCUT2D eigenvalue weighted by Crippen LogP contribution is 2.34. The fourth-order valence-electron chi connectivity index (χ4n) is 2.95. The number of hydrogen-bond donors (Lipinski definition) is 1. The lowest BCUT2D eigenvalue weighted by atomic mass is 10.1. The number of thioether (sulfide) groups is 1. The van der Waals surface area contributed by atoms with Crippen molar-refractivity contribution in [3.05, 3.63) is 42.2 Å². The van der Waals surface area contributed by atoms with Crippen molar-refractivity contribution in [1.82, 2.24) is 20.1 Å². The predicted molar refractivity (Wildman–Crippen MR) is 103 cm³/mol. The Kier molecular flexibility index (Phi) is 5.25. The van der Waals surface area contributed by atoms with Gasteiger partial charge in [0, 0.05) is 6.54 Å². The first-order valence-corrected chi connectivity index (χ1v) is 9.93. The van der Waals surface area contributed by atoms with Crippen molar-refractivity contribution >= 4 is 17.7 Å². The highest BCUT2D eigenvalue weighted by molar-refractivity contribution is 7.99. The number of rotatable bonds is 7. The molecule has 0 spiro atoms. The molecular formula is C19H20N4O4S. The molecule has 1 unspecified atom stereocenters. The van der Waals surface area contributed by atoms with E-state index in [4.69, 9.17) is 13.9 Å². The average molecular weight is 400 g/mol. The van der Waals surface area contributed by atoms with E-state index in [1.165, 1.54) is 11.8 Å². The Bertz CT molecular complexity index is 970. The van der Waals surface area contributed by atoms with Gasteiger partial charge in [-0.1, -0.05) is 17.8 Å². The molecule has 8 nitrogen and oxygen atoms in total. The molecular weight excluding hydrogens is 380 g/mol. The highest BCUT2D eigenvalue weighted by Gasteiger charge is 2.19. The lowest BCUT2D eigenvalue weighted by Gasteiger charge is -2.14. The summed E-state index contributed by atoms with van der Waals surface area (Å²) in [7, 11) is 0. The molecule has 2 aromatic heterocycles. The molecule has 0 saturated heterocycles. The number of amides is 1. The van der Waals surface area contributed by atoms with E-state index in [1.807, 2.05) is 48.7 Å². The minimum atomic E-state index is -0.148. The summed E-state index contributed by atoms with van der Waals surface area (Å²) < 4.78 is 18.0. The topological polar surface area (TPSA) is 91.4 Å². The van der Waals surface area contributed by atoms with Crippen LogP contribution in [0.3, 0.4) is 0 Å². The molecule has 28 heavy (non-hydrogen) atoms. The van der Waals surface area contributed by atoms with Crippen molar-refractivity contribution in [2.45, 2.75) is 31.6 Å². The summed E-state index contributed by atoms with van der Waals surface area (Å²) in [5.74, 6) is 2.90. The molecule has 9 heteroatoms. The van der Waals surface area contributed by atoms with Gasteiger partial charge in [0.05, 0.1) is 18.1 Å². The first kappa shape index (κ1) is 18.4. The highest BCUT2D eigenvalue weighted by atomic mass is 32.2. The molecule has 3 aromatic rings. The van der Waals surface area contributed by atoms with Crippen LogP contribution in [0, 0.1) is 0 Å². The van der Waals surface area contributed by atoms with Gasteiger partial charge in [-0.2, -0.15) is 0 Å². The van der Waals surface area contributed by atoms with E-state index in [0.717, 1.165) is 11.3 Å².